The molecule has 0 amide bonds. The smallest absolute Gasteiger partial charge is 0 e. The Morgan fingerprint density at radius 1 is 0.192 bits per heavy atom. The van der Waals surface area contributed by atoms with Gasteiger partial charge in [-0.25, -0.2) is 0 Å². The molecule has 0 aliphatic heterocycles. The molecule has 0 aliphatic carbocycles. The van der Waals surface area contributed by atoms with Gasteiger partial charge in [-0.1, -0.05) is 111 Å². The molecule has 0 spiro atoms. The van der Waals surface area contributed by atoms with Gasteiger partial charge in [-0.2, -0.15) is 119 Å². The fourth-order valence-corrected chi connectivity index (χ4v) is 9.07. The molecule has 16 radical (unpaired) electrons. The van der Waals surface area contributed by atoms with Gasteiger partial charge in [-0.15, -0.1) is 22.3 Å². The van der Waals surface area contributed by atoms with Crippen LogP contribution in [0, 0.1) is 79.7 Å². The summed E-state index contributed by atoms with van der Waals surface area (Å²) in [7, 11) is 0. The molecule has 0 heterocycles. The Bertz CT molecular complexity index is 3170. The maximum absolute atomic E-state index is 3.53. The van der Waals surface area contributed by atoms with Crippen LogP contribution in [-0.4, -0.2) is 0 Å². The van der Waals surface area contributed by atoms with E-state index >= 15 is 0 Å². The van der Waals surface area contributed by atoms with E-state index in [-0.39, 0.29) is 523 Å². The monoisotopic (exact) mass is 2210 g/mol. The third-order valence-corrected chi connectivity index (χ3v) is 13.1. The van der Waals surface area contributed by atoms with Gasteiger partial charge in [0.25, 0.3) is 0 Å². The second kappa shape index (κ2) is 48.4. The molecule has 0 nitrogen and oxygen atoms in total. The molecule has 10 aromatic carbocycles. The van der Waals surface area contributed by atoms with E-state index in [1.54, 1.807) is 0 Å². The number of rotatable bonds is 6. The average molecular weight is 2220 g/mol. The zero-order chi connectivity index (χ0) is 42.8. The van der Waals surface area contributed by atoms with E-state index in [0.717, 1.165) is 44.5 Å². The summed E-state index contributed by atoms with van der Waals surface area (Å²) >= 11 is 0. The third-order valence-electron chi connectivity index (χ3n) is 13.1. The first kappa shape index (κ1) is 102. The molecule has 0 atom stereocenters. The number of benzene rings is 10. The van der Waals surface area contributed by atoms with Crippen molar-refractivity contribution in [2.24, 2.45) is 0 Å². The summed E-state index contributed by atoms with van der Waals surface area (Å²) in [6.07, 6.45) is 0. The molecular weight excluding hydrogens is 2170 g/mol. The van der Waals surface area contributed by atoms with E-state index in [9.17, 15) is 0 Å². The zero-order valence-corrected chi connectivity index (χ0v) is 91.5. The van der Waals surface area contributed by atoms with Crippen molar-refractivity contribution < 1.29 is 523 Å². The molecule has 16 heteroatoms. The van der Waals surface area contributed by atoms with Crippen LogP contribution in [0.3, 0.4) is 0 Å². The predicted octanol–water partition coefficient (Wildman–Crippen LogP) is 16.8. The number of fused-ring (bicyclic) bond motifs is 6. The first-order valence-electron chi connectivity index (χ1n) is 21.6. The van der Waals surface area contributed by atoms with Gasteiger partial charge >= 0.3 is 0 Å². The van der Waals surface area contributed by atoms with Crippen molar-refractivity contribution in [2.45, 2.75) is 55.4 Å². The van der Waals surface area contributed by atoms with Gasteiger partial charge in [-0.3, -0.25) is 0 Å². The number of hydrogen-bond acceptors (Lipinski definition) is 0. The van der Waals surface area contributed by atoms with Crippen molar-refractivity contribution in [2.75, 3.05) is 0 Å². The van der Waals surface area contributed by atoms with Gasteiger partial charge in [0.1, 0.15) is 0 Å². The van der Waals surface area contributed by atoms with Gasteiger partial charge in [0.15, 0.2) is 0 Å². The predicted molar refractivity (Wildman–Crippen MR) is 265 cm³/mol. The number of hydrogen-bond donors (Lipinski definition) is 0. The van der Waals surface area contributed by atoms with Crippen molar-refractivity contribution in [3.63, 3.8) is 0 Å². The van der Waals surface area contributed by atoms with E-state index in [2.05, 4.69) is 225 Å². The first-order chi connectivity index (χ1) is 30.0. The minimum absolute atomic E-state index is 0. The van der Waals surface area contributed by atoms with Gasteiger partial charge in [-0.05, 0) is 117 Å². The maximum atomic E-state index is 3.53. The largest absolute Gasteiger partial charge is 0.180 e. The summed E-state index contributed by atoms with van der Waals surface area (Å²) in [5.41, 5.74) is 23.8. The van der Waals surface area contributed by atoms with Crippen molar-refractivity contribution in [3.8, 4) is 66.8 Å². The van der Waals surface area contributed by atoms with Crippen LogP contribution in [-0.2, 0) is 523 Å². The number of aryl methyl sites for hydroxylation is 8. The van der Waals surface area contributed by atoms with Crippen LogP contribution >= 0.6 is 0 Å². The molecule has 0 saturated heterocycles. The summed E-state index contributed by atoms with van der Waals surface area (Å²) in [6.45, 7) is 17.2. The molecule has 0 aromatic heterocycles. The third kappa shape index (κ3) is 24.6. The quantitative estimate of drug-likeness (QED) is 0.115. The summed E-state index contributed by atoms with van der Waals surface area (Å²) in [6, 6.07) is 69.0. The van der Waals surface area contributed by atoms with Crippen molar-refractivity contribution in [1.82, 2.24) is 0 Å². The van der Waals surface area contributed by atoms with Gasteiger partial charge < -0.3 is 0 Å². The molecule has 0 aliphatic rings. The van der Waals surface area contributed by atoms with Crippen molar-refractivity contribution in [3.05, 3.63) is 214 Å². The second-order valence-electron chi connectivity index (χ2n) is 17.5. The Morgan fingerprint density at radius 3 is 0.538 bits per heavy atom. The zero-order valence-electron chi connectivity index (χ0n) is 46.1. The topological polar surface area (TPSA) is 0 Å². The van der Waals surface area contributed by atoms with E-state index in [4.69, 9.17) is 0 Å². The Morgan fingerprint density at radius 2 is 0.372 bits per heavy atom. The Balaban J connectivity index is -0.000000630. The summed E-state index contributed by atoms with van der Waals surface area (Å²) in [4.78, 5) is 0. The Labute approximate surface area is 869 Å². The molecule has 0 N–H and O–H groups in total. The molecule has 10 rings (SSSR count). The van der Waals surface area contributed by atoms with Crippen LogP contribution in [0.15, 0.2) is 146 Å². The standard InChI is InChI=1S/C62H48.16Y/c1-37-9-19-45(20-10-37)51-31-57-58(32-52(51)46-21-11-38(2)12-22-46)62-36-56(50-28-18-42(6)44(8)30-50)54(48-25-15-40(4)16-26-48)34-60(62)59-33-53(47-23-13-39(3)14-24-47)55(35-61(57)59)49-27-17-41(5)43(7)29-49;;;;;;;;;;;;;;;;/h9,11,13,15,17-36H,1-8H3;;;;;;;;;;;;;;;;/q-4;;;;;;;;;;;;;;;;. The van der Waals surface area contributed by atoms with Gasteiger partial charge in [0, 0.05) is 523 Å². The minimum Gasteiger partial charge on any atom is -0.180 e. The molecule has 0 unspecified atom stereocenters. The normalized spacial score (nSPS) is 9.18. The van der Waals surface area contributed by atoms with E-state index in [0.29, 0.717) is 0 Å². The molecule has 0 fully saturated rings. The molecule has 348 valence electrons. The fraction of sp³-hybridized carbons (Fsp3) is 0.129. The minimum atomic E-state index is 0. The van der Waals surface area contributed by atoms with E-state index in [1.807, 2.05) is 0 Å². The summed E-state index contributed by atoms with van der Waals surface area (Å²) in [5, 5.41) is 7.32. The molecule has 10 aromatic rings. The Hall–Kier alpha value is 10.6. The van der Waals surface area contributed by atoms with Crippen molar-refractivity contribution in [1.29, 1.82) is 0 Å². The van der Waals surface area contributed by atoms with Crippen LogP contribution in [0.25, 0.3) is 99.1 Å². The van der Waals surface area contributed by atoms with Crippen LogP contribution in [0.4, 0.5) is 0 Å². The Kier molecular flexibility index (Phi) is 63.3. The molecular formula is C62H48Y16-4. The van der Waals surface area contributed by atoms with Crippen molar-refractivity contribution >= 4 is 32.3 Å². The van der Waals surface area contributed by atoms with Crippen LogP contribution in [0.1, 0.15) is 44.5 Å². The van der Waals surface area contributed by atoms with E-state index < -0.39 is 0 Å². The van der Waals surface area contributed by atoms with Crippen LogP contribution < -0.4 is 0 Å². The van der Waals surface area contributed by atoms with E-state index in [1.165, 1.54) is 99.1 Å². The molecule has 0 bridgehead atoms. The second-order valence-corrected chi connectivity index (χ2v) is 17.5. The molecule has 78 heavy (non-hydrogen) atoms. The van der Waals surface area contributed by atoms with Crippen LogP contribution in [0.2, 0.25) is 0 Å². The average Bonchev–Trinajstić information content (AvgIpc) is 3.28. The van der Waals surface area contributed by atoms with Crippen LogP contribution in [0.5, 0.6) is 0 Å². The first-order valence-corrected chi connectivity index (χ1v) is 21.6. The maximum Gasteiger partial charge on any atom is 0 e. The SMILES string of the molecule is Cc1[c-]cc(-c2cc3c(cc2-c2c[c-]c(C)cc2)c2cc(-c4ccc(C)c(C)c4)c(-c4c[c-]c(C)cc4)cc2c2cc(-c4c[c-]c(C)cc4)c(-c4ccc(C)c(C)c4)cc32)cc1.[Y].[Y].[Y].[Y].[Y].[Y].[Y].[Y].[Y].[Y].[Y].[Y].[Y].[Y].[Y].[Y]. The van der Waals surface area contributed by atoms with Gasteiger partial charge in [0.05, 0.1) is 0 Å². The fourth-order valence-electron chi connectivity index (χ4n) is 9.07. The summed E-state index contributed by atoms with van der Waals surface area (Å²) in [5.74, 6) is 0. The molecule has 0 saturated carbocycles. The van der Waals surface area contributed by atoms with Gasteiger partial charge in [0.2, 0.25) is 0 Å². The summed E-state index contributed by atoms with van der Waals surface area (Å²) < 4.78 is 0.